The summed E-state index contributed by atoms with van der Waals surface area (Å²) in [5.41, 5.74) is 12.1. The minimum atomic E-state index is 0.667. The molecule has 10 aromatic rings. The fraction of sp³-hybridized carbons (Fsp3) is 0.0392. The smallest absolute Gasteiger partial charge is 0.164 e. The lowest BCUT2D eigenvalue weighted by Crippen LogP contribution is -2.06. The third-order valence-electron chi connectivity index (χ3n) is 11.0. The predicted octanol–water partition coefficient (Wildman–Crippen LogP) is 13.2. The Kier molecular flexibility index (Phi) is 7.27. The Morgan fingerprint density at radius 1 is 0.400 bits per heavy atom. The molecular formula is C51H33N3O. The van der Waals surface area contributed by atoms with Crippen molar-refractivity contribution < 1.29 is 4.42 Å². The second kappa shape index (κ2) is 12.8. The monoisotopic (exact) mass is 703 g/mol. The number of aromatic nitrogens is 3. The van der Waals surface area contributed by atoms with Crippen LogP contribution in [-0.2, 0) is 6.42 Å². The number of hydrogen-bond donors (Lipinski definition) is 0. The van der Waals surface area contributed by atoms with E-state index in [9.17, 15) is 0 Å². The van der Waals surface area contributed by atoms with Crippen LogP contribution in [0.4, 0.5) is 0 Å². The van der Waals surface area contributed by atoms with Crippen LogP contribution < -0.4 is 0 Å². The molecule has 4 nitrogen and oxygen atoms in total. The number of allylic oxidation sites excluding steroid dienone is 1. The molecule has 0 aliphatic heterocycles. The first kappa shape index (κ1) is 31.4. The summed E-state index contributed by atoms with van der Waals surface area (Å²) in [5, 5.41) is 7.12. The number of rotatable bonds is 5. The van der Waals surface area contributed by atoms with Crippen LogP contribution in [0.5, 0.6) is 0 Å². The molecule has 0 bridgehead atoms. The summed E-state index contributed by atoms with van der Waals surface area (Å²) in [6.45, 7) is 0. The molecule has 1 aliphatic rings. The zero-order valence-electron chi connectivity index (χ0n) is 29.9. The highest BCUT2D eigenvalue weighted by atomic mass is 16.3. The molecule has 4 heteroatoms. The first-order valence-corrected chi connectivity index (χ1v) is 18.8. The number of fused-ring (bicyclic) bond motifs is 6. The van der Waals surface area contributed by atoms with Crippen molar-refractivity contribution in [3.05, 3.63) is 187 Å². The Balaban J connectivity index is 0.998. The lowest BCUT2D eigenvalue weighted by Gasteiger charge is -2.18. The van der Waals surface area contributed by atoms with Crippen LogP contribution >= 0.6 is 0 Å². The standard InChI is InChI=1S/C51H33N3O/c1-2-11-36-30-40(27-19-32(36)9-1)50-52-49(35-22-20-34(21-23-35)43-15-7-12-33-10-3-4-13-42(33)43)53-51(54-50)41-28-25-37-29-39(26-24-38(37)31-41)44-16-8-18-47-48(44)45-14-5-6-17-46(45)55-47/h1-24,26-27,29-31H,25,28H2. The van der Waals surface area contributed by atoms with E-state index in [-0.39, 0.29) is 0 Å². The summed E-state index contributed by atoms with van der Waals surface area (Å²) in [4.78, 5) is 15.4. The topological polar surface area (TPSA) is 51.8 Å². The first-order valence-electron chi connectivity index (χ1n) is 18.8. The molecular weight excluding hydrogens is 671 g/mol. The van der Waals surface area contributed by atoms with Gasteiger partial charge in [0.05, 0.1) is 0 Å². The average Bonchev–Trinajstić information content (AvgIpc) is 3.65. The van der Waals surface area contributed by atoms with E-state index in [1.54, 1.807) is 0 Å². The van der Waals surface area contributed by atoms with Crippen molar-refractivity contribution in [2.24, 2.45) is 0 Å². The van der Waals surface area contributed by atoms with Crippen LogP contribution in [-0.4, -0.2) is 15.0 Å². The molecule has 258 valence electrons. The van der Waals surface area contributed by atoms with Gasteiger partial charge in [0.25, 0.3) is 0 Å². The molecule has 2 heterocycles. The highest BCUT2D eigenvalue weighted by Gasteiger charge is 2.20. The zero-order valence-corrected chi connectivity index (χ0v) is 29.9. The van der Waals surface area contributed by atoms with Gasteiger partial charge < -0.3 is 4.42 Å². The van der Waals surface area contributed by atoms with Crippen LogP contribution in [0.1, 0.15) is 23.4 Å². The summed E-state index contributed by atoms with van der Waals surface area (Å²) in [7, 11) is 0. The van der Waals surface area contributed by atoms with Gasteiger partial charge in [-0.15, -0.1) is 0 Å². The van der Waals surface area contributed by atoms with Crippen LogP contribution in [0.2, 0.25) is 0 Å². The van der Waals surface area contributed by atoms with Crippen LogP contribution in [0.3, 0.4) is 0 Å². The van der Waals surface area contributed by atoms with Crippen molar-refractivity contribution in [2.45, 2.75) is 12.8 Å². The Morgan fingerprint density at radius 3 is 1.93 bits per heavy atom. The number of aryl methyl sites for hydroxylation is 1. The number of nitrogens with zero attached hydrogens (tertiary/aromatic N) is 3. The van der Waals surface area contributed by atoms with Gasteiger partial charge in [-0.25, -0.2) is 15.0 Å². The molecule has 0 N–H and O–H groups in total. The maximum Gasteiger partial charge on any atom is 0.164 e. The molecule has 0 fully saturated rings. The summed E-state index contributed by atoms with van der Waals surface area (Å²) in [6.07, 6.45) is 3.99. The molecule has 55 heavy (non-hydrogen) atoms. The van der Waals surface area contributed by atoms with E-state index >= 15 is 0 Å². The second-order valence-corrected chi connectivity index (χ2v) is 14.3. The maximum absolute atomic E-state index is 6.21. The summed E-state index contributed by atoms with van der Waals surface area (Å²) >= 11 is 0. The molecule has 0 amide bonds. The van der Waals surface area contributed by atoms with Gasteiger partial charge in [0.2, 0.25) is 0 Å². The van der Waals surface area contributed by atoms with Gasteiger partial charge in [-0.1, -0.05) is 152 Å². The van der Waals surface area contributed by atoms with Gasteiger partial charge in [0, 0.05) is 21.9 Å². The van der Waals surface area contributed by atoms with Crippen molar-refractivity contribution in [3.63, 3.8) is 0 Å². The maximum atomic E-state index is 6.21. The van der Waals surface area contributed by atoms with E-state index in [0.717, 1.165) is 68.3 Å². The molecule has 1 aliphatic carbocycles. The third kappa shape index (κ3) is 5.50. The van der Waals surface area contributed by atoms with Crippen molar-refractivity contribution >= 4 is 55.1 Å². The molecule has 2 aromatic heterocycles. The van der Waals surface area contributed by atoms with Crippen LogP contribution in [0, 0.1) is 0 Å². The molecule has 11 rings (SSSR count). The van der Waals surface area contributed by atoms with E-state index in [0.29, 0.717) is 11.6 Å². The van der Waals surface area contributed by atoms with Gasteiger partial charge in [0.1, 0.15) is 11.2 Å². The van der Waals surface area contributed by atoms with Crippen molar-refractivity contribution in [1.29, 1.82) is 0 Å². The average molecular weight is 704 g/mol. The van der Waals surface area contributed by atoms with E-state index < -0.39 is 0 Å². The van der Waals surface area contributed by atoms with E-state index in [4.69, 9.17) is 19.4 Å². The minimum absolute atomic E-state index is 0.667. The number of para-hydroxylation sites is 1. The van der Waals surface area contributed by atoms with E-state index in [1.807, 2.05) is 12.1 Å². The number of hydrogen-bond acceptors (Lipinski definition) is 4. The summed E-state index contributed by atoms with van der Waals surface area (Å²) in [5.74, 6) is 2.06. The normalized spacial score (nSPS) is 12.7. The highest BCUT2D eigenvalue weighted by Crippen LogP contribution is 2.39. The van der Waals surface area contributed by atoms with Gasteiger partial charge in [-0.2, -0.15) is 0 Å². The minimum Gasteiger partial charge on any atom is -0.456 e. The molecule has 0 atom stereocenters. The second-order valence-electron chi connectivity index (χ2n) is 14.3. The van der Waals surface area contributed by atoms with Crippen molar-refractivity contribution in [2.75, 3.05) is 0 Å². The van der Waals surface area contributed by atoms with Gasteiger partial charge in [-0.3, -0.25) is 0 Å². The van der Waals surface area contributed by atoms with Gasteiger partial charge >= 0.3 is 0 Å². The van der Waals surface area contributed by atoms with E-state index in [2.05, 4.69) is 164 Å². The molecule has 0 radical (unpaired) electrons. The molecule has 8 aromatic carbocycles. The first-order chi connectivity index (χ1) is 27.2. The van der Waals surface area contributed by atoms with Gasteiger partial charge in [0.15, 0.2) is 17.5 Å². The third-order valence-corrected chi connectivity index (χ3v) is 11.0. The van der Waals surface area contributed by atoms with Crippen molar-refractivity contribution in [3.8, 4) is 45.0 Å². The fourth-order valence-electron chi connectivity index (χ4n) is 8.23. The van der Waals surface area contributed by atoms with E-state index in [1.165, 1.54) is 44.0 Å². The zero-order chi connectivity index (χ0) is 36.3. The largest absolute Gasteiger partial charge is 0.456 e. The summed E-state index contributed by atoms with van der Waals surface area (Å²) in [6, 6.07) is 59.9. The number of benzene rings is 8. The fourth-order valence-corrected chi connectivity index (χ4v) is 8.23. The predicted molar refractivity (Wildman–Crippen MR) is 226 cm³/mol. The Hall–Kier alpha value is -7.17. The molecule has 0 spiro atoms. The lowest BCUT2D eigenvalue weighted by atomic mass is 9.88. The Bertz CT molecular complexity index is 3150. The van der Waals surface area contributed by atoms with Crippen molar-refractivity contribution in [1.82, 2.24) is 15.0 Å². The van der Waals surface area contributed by atoms with Crippen LogP contribution in [0.15, 0.2) is 174 Å². The Morgan fingerprint density at radius 2 is 1.04 bits per heavy atom. The lowest BCUT2D eigenvalue weighted by molar-refractivity contribution is 0.669. The summed E-state index contributed by atoms with van der Waals surface area (Å²) < 4.78 is 6.21. The molecule has 0 saturated carbocycles. The highest BCUT2D eigenvalue weighted by molar-refractivity contribution is 6.12. The number of furan rings is 1. The molecule has 0 unspecified atom stereocenters. The van der Waals surface area contributed by atoms with Gasteiger partial charge in [-0.05, 0) is 97.6 Å². The molecule has 0 saturated heterocycles. The Labute approximate surface area is 318 Å². The quantitative estimate of drug-likeness (QED) is 0.179. The SMILES string of the molecule is C1=C(c2nc(-c3ccc(-c4cccc5ccccc45)cc3)nc(-c3ccc4ccccc4c3)n2)CCc2cc(-c3cccc4oc5ccccc5c34)ccc21. The van der Waals surface area contributed by atoms with Crippen LogP contribution in [0.25, 0.3) is 100 Å².